The Kier molecular flexibility index (Phi) is 6.71. The summed E-state index contributed by atoms with van der Waals surface area (Å²) >= 11 is 6.03. The SMILES string of the molecule is CN(CC(=O)N1N=C(c2cccn2C)C[C@@H]1c1ccc(Cl)cc1)C(=O)c1ccc(C(F)(F)F)cc1. The van der Waals surface area contributed by atoms with Gasteiger partial charge in [0.2, 0.25) is 0 Å². The lowest BCUT2D eigenvalue weighted by Gasteiger charge is -2.25. The highest BCUT2D eigenvalue weighted by molar-refractivity contribution is 6.30. The van der Waals surface area contributed by atoms with Crippen molar-refractivity contribution in [2.24, 2.45) is 12.1 Å². The zero-order valence-corrected chi connectivity index (χ0v) is 19.7. The number of nitrogens with zero attached hydrogens (tertiary/aromatic N) is 4. The van der Waals surface area contributed by atoms with E-state index in [-0.39, 0.29) is 18.2 Å². The molecule has 3 aromatic rings. The topological polar surface area (TPSA) is 57.9 Å². The zero-order chi connectivity index (χ0) is 25.3. The minimum atomic E-state index is -4.50. The number of hydrazone groups is 1. The van der Waals surface area contributed by atoms with Gasteiger partial charge >= 0.3 is 6.18 Å². The van der Waals surface area contributed by atoms with Crippen LogP contribution in [0, 0.1) is 0 Å². The molecule has 10 heteroatoms. The molecule has 1 aliphatic rings. The van der Waals surface area contributed by atoms with Gasteiger partial charge in [0.1, 0.15) is 6.54 Å². The molecule has 0 bridgehead atoms. The summed E-state index contributed by atoms with van der Waals surface area (Å²) in [5.74, 6) is -0.988. The quantitative estimate of drug-likeness (QED) is 0.484. The van der Waals surface area contributed by atoms with Crippen molar-refractivity contribution in [2.75, 3.05) is 13.6 Å². The van der Waals surface area contributed by atoms with Gasteiger partial charge in [0.25, 0.3) is 11.8 Å². The van der Waals surface area contributed by atoms with E-state index in [4.69, 9.17) is 11.6 Å². The van der Waals surface area contributed by atoms with Gasteiger partial charge < -0.3 is 9.47 Å². The van der Waals surface area contributed by atoms with E-state index in [1.54, 1.807) is 12.1 Å². The molecule has 0 unspecified atom stereocenters. The van der Waals surface area contributed by atoms with Gasteiger partial charge in [-0.2, -0.15) is 18.3 Å². The van der Waals surface area contributed by atoms with E-state index in [2.05, 4.69) is 5.10 Å². The summed E-state index contributed by atoms with van der Waals surface area (Å²) in [7, 11) is 3.31. The molecule has 0 N–H and O–H groups in total. The normalized spacial score (nSPS) is 15.8. The summed E-state index contributed by atoms with van der Waals surface area (Å²) < 4.78 is 40.4. The molecule has 182 valence electrons. The molecule has 2 heterocycles. The maximum absolute atomic E-state index is 13.3. The Balaban J connectivity index is 1.55. The molecule has 6 nitrogen and oxygen atoms in total. The van der Waals surface area contributed by atoms with Gasteiger partial charge in [-0.15, -0.1) is 0 Å². The van der Waals surface area contributed by atoms with Crippen LogP contribution >= 0.6 is 11.6 Å². The van der Waals surface area contributed by atoms with E-state index in [0.717, 1.165) is 41.2 Å². The van der Waals surface area contributed by atoms with Crippen molar-refractivity contribution in [3.8, 4) is 0 Å². The first-order chi connectivity index (χ1) is 16.5. The lowest BCUT2D eigenvalue weighted by Crippen LogP contribution is -2.39. The van der Waals surface area contributed by atoms with Crippen LogP contribution in [-0.4, -0.2) is 45.6 Å². The molecular weight excluding hydrogens is 481 g/mol. The van der Waals surface area contributed by atoms with Crippen LogP contribution in [0.2, 0.25) is 5.02 Å². The third-order valence-corrected chi connectivity index (χ3v) is 6.09. The maximum Gasteiger partial charge on any atom is 0.416 e. The smallest absolute Gasteiger partial charge is 0.350 e. The molecule has 0 spiro atoms. The van der Waals surface area contributed by atoms with Crippen molar-refractivity contribution in [1.82, 2.24) is 14.5 Å². The summed E-state index contributed by atoms with van der Waals surface area (Å²) in [6.07, 6.45) is -2.14. The van der Waals surface area contributed by atoms with E-state index >= 15 is 0 Å². The van der Waals surface area contributed by atoms with Crippen molar-refractivity contribution in [2.45, 2.75) is 18.6 Å². The predicted molar refractivity (Wildman–Crippen MR) is 126 cm³/mol. The molecule has 1 aliphatic heterocycles. The highest BCUT2D eigenvalue weighted by atomic mass is 35.5. The number of amides is 2. The molecule has 0 radical (unpaired) electrons. The third kappa shape index (κ3) is 5.24. The number of halogens is 4. The summed E-state index contributed by atoms with van der Waals surface area (Å²) in [5.41, 5.74) is 1.64. The molecule has 4 rings (SSSR count). The first-order valence-electron chi connectivity index (χ1n) is 10.7. The number of carbonyl (C=O) groups is 2. The molecule has 1 atom stereocenters. The first kappa shape index (κ1) is 24.5. The average molecular weight is 503 g/mol. The fourth-order valence-electron chi connectivity index (χ4n) is 3.97. The second-order valence-corrected chi connectivity index (χ2v) is 8.73. The van der Waals surface area contributed by atoms with Gasteiger partial charge in [0.15, 0.2) is 0 Å². The van der Waals surface area contributed by atoms with Crippen LogP contribution in [0.5, 0.6) is 0 Å². The van der Waals surface area contributed by atoms with Crippen LogP contribution in [-0.2, 0) is 18.0 Å². The summed E-state index contributed by atoms with van der Waals surface area (Å²) in [4.78, 5) is 27.2. The van der Waals surface area contributed by atoms with Gasteiger partial charge in [-0.3, -0.25) is 9.59 Å². The second kappa shape index (κ2) is 9.58. The zero-order valence-electron chi connectivity index (χ0n) is 19.0. The average Bonchev–Trinajstić information content (AvgIpc) is 3.45. The fraction of sp³-hybridized carbons (Fsp3) is 0.240. The van der Waals surface area contributed by atoms with Crippen LogP contribution in [0.15, 0.2) is 72.0 Å². The van der Waals surface area contributed by atoms with E-state index in [9.17, 15) is 22.8 Å². The Morgan fingerprint density at radius 1 is 1.09 bits per heavy atom. The standard InChI is InChI=1S/C25H22ClF3N4O2/c1-31-13-3-4-21(31)20-14-22(16-7-11-19(26)12-8-16)33(30-20)23(34)15-32(2)24(35)17-5-9-18(10-6-17)25(27,28)29/h3-13,22H,14-15H2,1-2H3/t22-/m1/s1. The Bertz CT molecular complexity index is 1270. The van der Waals surface area contributed by atoms with Crippen LogP contribution < -0.4 is 0 Å². The molecule has 2 amide bonds. The largest absolute Gasteiger partial charge is 0.416 e. The second-order valence-electron chi connectivity index (χ2n) is 8.30. The first-order valence-corrected chi connectivity index (χ1v) is 11.1. The van der Waals surface area contributed by atoms with Crippen molar-refractivity contribution >= 4 is 29.1 Å². The van der Waals surface area contributed by atoms with E-state index in [1.807, 2.05) is 42.1 Å². The fourth-order valence-corrected chi connectivity index (χ4v) is 4.10. The highest BCUT2D eigenvalue weighted by Crippen LogP contribution is 2.34. The van der Waals surface area contributed by atoms with Gasteiger partial charge in [-0.05, 0) is 54.1 Å². The lowest BCUT2D eigenvalue weighted by atomic mass is 10.0. The van der Waals surface area contributed by atoms with E-state index < -0.39 is 23.6 Å². The van der Waals surface area contributed by atoms with Gasteiger partial charge in [0.05, 0.1) is 23.0 Å². The summed E-state index contributed by atoms with van der Waals surface area (Å²) in [5, 5.41) is 6.51. The minimum Gasteiger partial charge on any atom is -0.350 e. The Labute approximate surface area is 205 Å². The van der Waals surface area contributed by atoms with Crippen molar-refractivity contribution in [3.63, 3.8) is 0 Å². The molecule has 35 heavy (non-hydrogen) atoms. The molecule has 0 fully saturated rings. The number of alkyl halides is 3. The van der Waals surface area contributed by atoms with Gasteiger partial charge in [-0.25, -0.2) is 5.01 Å². The molecular formula is C25H22ClF3N4O2. The number of hydrogen-bond acceptors (Lipinski definition) is 3. The Morgan fingerprint density at radius 3 is 2.31 bits per heavy atom. The van der Waals surface area contributed by atoms with Crippen LogP contribution in [0.1, 0.15) is 39.6 Å². The number of hydrogen-bond donors (Lipinski definition) is 0. The van der Waals surface area contributed by atoms with Gasteiger partial charge in [-0.1, -0.05) is 23.7 Å². The summed E-state index contributed by atoms with van der Waals surface area (Å²) in [6, 6.07) is 14.4. The van der Waals surface area contributed by atoms with E-state index in [0.29, 0.717) is 11.4 Å². The molecule has 0 saturated heterocycles. The van der Waals surface area contributed by atoms with E-state index in [1.165, 1.54) is 17.0 Å². The number of likely N-dealkylation sites (N-methyl/N-ethyl adjacent to an activating group) is 1. The monoisotopic (exact) mass is 502 g/mol. The molecule has 1 aromatic heterocycles. The van der Waals surface area contributed by atoms with Crippen molar-refractivity contribution < 1.29 is 22.8 Å². The Morgan fingerprint density at radius 2 is 1.74 bits per heavy atom. The van der Waals surface area contributed by atoms with Crippen molar-refractivity contribution in [3.05, 3.63) is 94.3 Å². The van der Waals surface area contributed by atoms with Gasteiger partial charge in [0, 0.05) is 37.3 Å². The molecule has 2 aromatic carbocycles. The molecule has 0 saturated carbocycles. The highest BCUT2D eigenvalue weighted by Gasteiger charge is 2.35. The van der Waals surface area contributed by atoms with Crippen molar-refractivity contribution in [1.29, 1.82) is 0 Å². The predicted octanol–water partition coefficient (Wildman–Crippen LogP) is 5.15. The third-order valence-electron chi connectivity index (χ3n) is 5.84. The molecule has 0 aliphatic carbocycles. The van der Waals surface area contributed by atoms with Crippen LogP contribution in [0.25, 0.3) is 0 Å². The van der Waals surface area contributed by atoms with Crippen LogP contribution in [0.3, 0.4) is 0 Å². The minimum absolute atomic E-state index is 0.0528. The van der Waals surface area contributed by atoms with Crippen LogP contribution in [0.4, 0.5) is 13.2 Å². The lowest BCUT2D eigenvalue weighted by molar-refractivity contribution is -0.137. The number of carbonyl (C=O) groups excluding carboxylic acids is 2. The number of aromatic nitrogens is 1. The number of rotatable bonds is 5. The maximum atomic E-state index is 13.3. The number of aryl methyl sites for hydroxylation is 1. The summed E-state index contributed by atoms with van der Waals surface area (Å²) in [6.45, 7) is -0.298. The Hall–Kier alpha value is -3.59. The number of benzene rings is 2.